The zero-order chi connectivity index (χ0) is 19.2. The fraction of sp³-hybridized carbons (Fsp3) is 0.364. The van der Waals surface area contributed by atoms with Gasteiger partial charge in [-0.25, -0.2) is 0 Å². The average Bonchev–Trinajstić information content (AvgIpc) is 3.37. The molecular formula is C22H25N3O3. The lowest BCUT2D eigenvalue weighted by molar-refractivity contribution is 0.209. The summed E-state index contributed by atoms with van der Waals surface area (Å²) in [6, 6.07) is 18.6. The molecule has 1 atom stereocenters. The van der Waals surface area contributed by atoms with E-state index >= 15 is 0 Å². The molecule has 0 saturated carbocycles. The Morgan fingerprint density at radius 2 is 1.86 bits per heavy atom. The quantitative estimate of drug-likeness (QED) is 0.592. The molecule has 0 amide bonds. The normalized spacial score (nSPS) is 17.0. The van der Waals surface area contributed by atoms with E-state index in [0.717, 1.165) is 24.5 Å². The van der Waals surface area contributed by atoms with Crippen molar-refractivity contribution < 1.29 is 14.0 Å². The van der Waals surface area contributed by atoms with E-state index in [4.69, 9.17) is 14.0 Å². The van der Waals surface area contributed by atoms with Crippen LogP contribution in [-0.2, 0) is 19.6 Å². The van der Waals surface area contributed by atoms with Crippen LogP contribution < -0.4 is 9.47 Å². The van der Waals surface area contributed by atoms with Crippen LogP contribution in [0.2, 0.25) is 0 Å². The first-order valence-electron chi connectivity index (χ1n) is 9.66. The second-order valence-electron chi connectivity index (χ2n) is 7.02. The molecule has 6 heteroatoms. The van der Waals surface area contributed by atoms with E-state index in [1.165, 1.54) is 18.4 Å². The zero-order valence-corrected chi connectivity index (χ0v) is 16.1. The number of methoxy groups -OCH3 is 1. The molecule has 1 aliphatic rings. The number of hydrogen-bond donors (Lipinski definition) is 0. The Balaban J connectivity index is 1.31. The van der Waals surface area contributed by atoms with Crippen molar-refractivity contribution in [2.75, 3.05) is 13.7 Å². The van der Waals surface area contributed by atoms with Gasteiger partial charge in [0.2, 0.25) is 11.7 Å². The van der Waals surface area contributed by atoms with E-state index in [1.807, 2.05) is 24.3 Å². The second kappa shape index (κ2) is 8.89. The van der Waals surface area contributed by atoms with Crippen LogP contribution in [0.5, 0.6) is 11.5 Å². The number of rotatable bonds is 8. The molecule has 146 valence electrons. The third-order valence-electron chi connectivity index (χ3n) is 5.09. The summed E-state index contributed by atoms with van der Waals surface area (Å²) < 4.78 is 16.3. The van der Waals surface area contributed by atoms with E-state index in [2.05, 4.69) is 45.4 Å². The van der Waals surface area contributed by atoms with E-state index < -0.39 is 0 Å². The molecule has 0 aliphatic carbocycles. The first kappa shape index (κ1) is 18.5. The van der Waals surface area contributed by atoms with E-state index in [0.29, 0.717) is 24.3 Å². The minimum Gasteiger partial charge on any atom is -0.497 e. The van der Waals surface area contributed by atoms with Gasteiger partial charge in [0.1, 0.15) is 11.5 Å². The summed E-state index contributed by atoms with van der Waals surface area (Å²) in [4.78, 5) is 6.93. The zero-order valence-electron chi connectivity index (χ0n) is 16.1. The molecular weight excluding hydrogens is 354 g/mol. The molecule has 1 aliphatic heterocycles. The van der Waals surface area contributed by atoms with Crippen LogP contribution in [-0.4, -0.2) is 34.7 Å². The largest absolute Gasteiger partial charge is 0.497 e. The lowest BCUT2D eigenvalue weighted by Gasteiger charge is -2.22. The molecule has 2 aromatic carbocycles. The Morgan fingerprint density at radius 3 is 2.64 bits per heavy atom. The van der Waals surface area contributed by atoms with Crippen LogP contribution in [0.3, 0.4) is 0 Å². The van der Waals surface area contributed by atoms with Crippen molar-refractivity contribution in [3.05, 3.63) is 71.9 Å². The number of likely N-dealkylation sites (tertiary alicyclic amines) is 1. The third kappa shape index (κ3) is 4.70. The van der Waals surface area contributed by atoms with Crippen molar-refractivity contribution in [2.45, 2.75) is 38.5 Å². The number of ether oxygens (including phenoxy) is 2. The summed E-state index contributed by atoms with van der Waals surface area (Å²) in [6.07, 6.45) is 3.47. The molecule has 0 radical (unpaired) electrons. The first-order valence-corrected chi connectivity index (χ1v) is 9.66. The summed E-state index contributed by atoms with van der Waals surface area (Å²) in [7, 11) is 1.64. The van der Waals surface area contributed by atoms with Crippen molar-refractivity contribution in [3.63, 3.8) is 0 Å². The Morgan fingerprint density at radius 1 is 1.07 bits per heavy atom. The number of nitrogens with zero attached hydrogens (tertiary/aromatic N) is 3. The highest BCUT2D eigenvalue weighted by Crippen LogP contribution is 2.23. The summed E-state index contributed by atoms with van der Waals surface area (Å²) in [5.41, 5.74) is 1.37. The maximum atomic E-state index is 5.72. The van der Waals surface area contributed by atoms with E-state index in [1.54, 1.807) is 7.11 Å². The molecule has 1 fully saturated rings. The van der Waals surface area contributed by atoms with Gasteiger partial charge in [0.05, 0.1) is 13.7 Å². The Bertz CT molecular complexity index is 864. The lowest BCUT2D eigenvalue weighted by Crippen LogP contribution is -2.30. The average molecular weight is 379 g/mol. The van der Waals surface area contributed by atoms with Crippen LogP contribution in [0.15, 0.2) is 59.1 Å². The number of hydrogen-bond acceptors (Lipinski definition) is 6. The SMILES string of the molecule is COc1ccc(OCc2noc(CN3CCCC3Cc3ccccc3)n2)cc1. The van der Waals surface area contributed by atoms with Crippen molar-refractivity contribution in [2.24, 2.45) is 0 Å². The highest BCUT2D eigenvalue weighted by atomic mass is 16.5. The molecule has 0 bridgehead atoms. The van der Waals surface area contributed by atoms with Crippen LogP contribution in [0, 0.1) is 0 Å². The van der Waals surface area contributed by atoms with Gasteiger partial charge in [0, 0.05) is 6.04 Å². The fourth-order valence-electron chi connectivity index (χ4n) is 3.63. The van der Waals surface area contributed by atoms with Gasteiger partial charge in [0.25, 0.3) is 0 Å². The highest BCUT2D eigenvalue weighted by Gasteiger charge is 2.26. The van der Waals surface area contributed by atoms with Crippen LogP contribution in [0.4, 0.5) is 0 Å². The minimum atomic E-state index is 0.281. The molecule has 28 heavy (non-hydrogen) atoms. The Hall–Kier alpha value is -2.86. The van der Waals surface area contributed by atoms with Crippen molar-refractivity contribution >= 4 is 0 Å². The molecule has 1 saturated heterocycles. The van der Waals surface area contributed by atoms with Crippen LogP contribution in [0.25, 0.3) is 0 Å². The van der Waals surface area contributed by atoms with Crippen molar-refractivity contribution in [1.29, 1.82) is 0 Å². The number of aromatic nitrogens is 2. The predicted molar refractivity (Wildman–Crippen MR) is 105 cm³/mol. The molecule has 1 aromatic heterocycles. The van der Waals surface area contributed by atoms with Gasteiger partial charge in [-0.1, -0.05) is 35.5 Å². The van der Waals surface area contributed by atoms with Gasteiger partial charge >= 0.3 is 0 Å². The molecule has 2 heterocycles. The second-order valence-corrected chi connectivity index (χ2v) is 7.02. The molecule has 0 N–H and O–H groups in total. The molecule has 1 unspecified atom stereocenters. The molecule has 6 nitrogen and oxygen atoms in total. The maximum Gasteiger partial charge on any atom is 0.240 e. The fourth-order valence-corrected chi connectivity index (χ4v) is 3.63. The van der Waals surface area contributed by atoms with Crippen molar-refractivity contribution in [3.8, 4) is 11.5 Å². The molecule has 3 aromatic rings. The topological polar surface area (TPSA) is 60.6 Å². The molecule has 4 rings (SSSR count). The molecule has 0 spiro atoms. The predicted octanol–water partition coefficient (Wildman–Crippen LogP) is 3.86. The third-order valence-corrected chi connectivity index (χ3v) is 5.09. The van der Waals surface area contributed by atoms with Crippen LogP contribution >= 0.6 is 0 Å². The van der Waals surface area contributed by atoms with Gasteiger partial charge in [-0.15, -0.1) is 0 Å². The standard InChI is InChI=1S/C22H25N3O3/c1-26-19-9-11-20(12-10-19)27-16-21-23-22(28-24-21)15-25-13-5-8-18(25)14-17-6-3-2-4-7-17/h2-4,6-7,9-12,18H,5,8,13-16H2,1H3. The van der Waals surface area contributed by atoms with E-state index in [-0.39, 0.29) is 6.61 Å². The van der Waals surface area contributed by atoms with Crippen LogP contribution in [0.1, 0.15) is 30.1 Å². The van der Waals surface area contributed by atoms with E-state index in [9.17, 15) is 0 Å². The Labute approximate surface area is 165 Å². The lowest BCUT2D eigenvalue weighted by atomic mass is 10.0. The van der Waals surface area contributed by atoms with Crippen molar-refractivity contribution in [1.82, 2.24) is 15.0 Å². The van der Waals surface area contributed by atoms with Gasteiger partial charge in [-0.05, 0) is 55.6 Å². The smallest absolute Gasteiger partial charge is 0.240 e. The first-order chi connectivity index (χ1) is 13.8. The summed E-state index contributed by atoms with van der Waals surface area (Å²) in [6.45, 7) is 2.04. The highest BCUT2D eigenvalue weighted by molar-refractivity contribution is 5.31. The monoisotopic (exact) mass is 379 g/mol. The van der Waals surface area contributed by atoms with Gasteiger partial charge in [-0.3, -0.25) is 4.90 Å². The van der Waals surface area contributed by atoms with Gasteiger partial charge in [0.15, 0.2) is 6.61 Å². The van der Waals surface area contributed by atoms with Gasteiger partial charge < -0.3 is 14.0 Å². The maximum absolute atomic E-state index is 5.72. The summed E-state index contributed by atoms with van der Waals surface area (Å²) >= 11 is 0. The summed E-state index contributed by atoms with van der Waals surface area (Å²) in [5.74, 6) is 2.75. The Kier molecular flexibility index (Phi) is 5.87. The summed E-state index contributed by atoms with van der Waals surface area (Å²) in [5, 5.41) is 4.05. The number of benzene rings is 2. The minimum absolute atomic E-state index is 0.281. The van der Waals surface area contributed by atoms with Gasteiger partial charge in [-0.2, -0.15) is 4.98 Å².